The molecule has 1 heterocycles. The van der Waals surface area contributed by atoms with Crippen molar-refractivity contribution in [3.05, 3.63) is 53.3 Å². The molecular formula is C16H16F3N3O. The fourth-order valence-corrected chi connectivity index (χ4v) is 2.01. The standard InChI is InChI=1S/C16H16F3N3O/c1-10-5-4-6-14(20-10)15(23)21-13-8-7-11(22(2)3)9-12(13)16(17,18)19/h4-9H,1-3H3,(H,21,23). The van der Waals surface area contributed by atoms with Crippen molar-refractivity contribution in [2.45, 2.75) is 13.1 Å². The van der Waals surface area contributed by atoms with Gasteiger partial charge in [0.15, 0.2) is 0 Å². The normalized spacial score (nSPS) is 11.2. The minimum Gasteiger partial charge on any atom is -0.378 e. The second-order valence-corrected chi connectivity index (χ2v) is 5.24. The summed E-state index contributed by atoms with van der Waals surface area (Å²) in [6.07, 6.45) is -4.57. The maximum absolute atomic E-state index is 13.2. The molecule has 7 heteroatoms. The topological polar surface area (TPSA) is 45.2 Å². The van der Waals surface area contributed by atoms with Crippen LogP contribution in [0.25, 0.3) is 0 Å². The Kier molecular flexibility index (Phi) is 4.58. The zero-order valence-electron chi connectivity index (χ0n) is 12.9. The highest BCUT2D eigenvalue weighted by Gasteiger charge is 2.34. The Bertz CT molecular complexity index is 727. The van der Waals surface area contributed by atoms with Crippen molar-refractivity contribution in [2.24, 2.45) is 0 Å². The van der Waals surface area contributed by atoms with E-state index in [0.717, 1.165) is 6.07 Å². The number of benzene rings is 1. The number of aromatic nitrogens is 1. The lowest BCUT2D eigenvalue weighted by Gasteiger charge is -2.18. The van der Waals surface area contributed by atoms with Crippen LogP contribution >= 0.6 is 0 Å². The minimum atomic E-state index is -4.57. The molecule has 0 atom stereocenters. The molecule has 0 fully saturated rings. The Morgan fingerprint density at radius 1 is 1.17 bits per heavy atom. The third-order valence-electron chi connectivity index (χ3n) is 3.19. The second kappa shape index (κ2) is 6.28. The molecule has 0 aliphatic heterocycles. The highest BCUT2D eigenvalue weighted by Crippen LogP contribution is 2.37. The van der Waals surface area contributed by atoms with Crippen LogP contribution in [0, 0.1) is 6.92 Å². The van der Waals surface area contributed by atoms with E-state index in [2.05, 4.69) is 10.3 Å². The smallest absolute Gasteiger partial charge is 0.378 e. The summed E-state index contributed by atoms with van der Waals surface area (Å²) in [7, 11) is 3.29. The van der Waals surface area contributed by atoms with E-state index >= 15 is 0 Å². The molecule has 122 valence electrons. The van der Waals surface area contributed by atoms with E-state index in [4.69, 9.17) is 0 Å². The van der Waals surface area contributed by atoms with Gasteiger partial charge >= 0.3 is 6.18 Å². The average Bonchev–Trinajstić information content (AvgIpc) is 2.46. The van der Waals surface area contributed by atoms with E-state index < -0.39 is 17.6 Å². The van der Waals surface area contributed by atoms with Crippen LogP contribution in [0.1, 0.15) is 21.7 Å². The van der Waals surface area contributed by atoms with Crippen molar-refractivity contribution < 1.29 is 18.0 Å². The number of anilines is 2. The molecule has 23 heavy (non-hydrogen) atoms. The summed E-state index contributed by atoms with van der Waals surface area (Å²) in [6, 6.07) is 8.52. The quantitative estimate of drug-likeness (QED) is 0.936. The van der Waals surface area contributed by atoms with Crippen LogP contribution < -0.4 is 10.2 Å². The van der Waals surface area contributed by atoms with Gasteiger partial charge in [-0.05, 0) is 37.3 Å². The molecular weight excluding hydrogens is 307 g/mol. The SMILES string of the molecule is Cc1cccc(C(=O)Nc2ccc(N(C)C)cc2C(F)(F)F)n1. The number of carbonyl (C=O) groups is 1. The monoisotopic (exact) mass is 323 g/mol. The summed E-state index contributed by atoms with van der Waals surface area (Å²) in [6.45, 7) is 1.70. The molecule has 0 saturated heterocycles. The third kappa shape index (κ3) is 4.00. The Morgan fingerprint density at radius 2 is 1.87 bits per heavy atom. The van der Waals surface area contributed by atoms with Gasteiger partial charge in [-0.15, -0.1) is 0 Å². The van der Waals surface area contributed by atoms with Gasteiger partial charge < -0.3 is 10.2 Å². The number of rotatable bonds is 3. The minimum absolute atomic E-state index is 0.0646. The van der Waals surface area contributed by atoms with E-state index in [1.807, 2.05) is 0 Å². The maximum Gasteiger partial charge on any atom is 0.418 e. The molecule has 2 rings (SSSR count). The third-order valence-corrected chi connectivity index (χ3v) is 3.19. The number of halogens is 3. The van der Waals surface area contributed by atoms with Crippen molar-refractivity contribution in [2.75, 3.05) is 24.3 Å². The van der Waals surface area contributed by atoms with E-state index in [1.54, 1.807) is 38.1 Å². The summed E-state index contributed by atoms with van der Waals surface area (Å²) in [4.78, 5) is 17.7. The van der Waals surface area contributed by atoms with Crippen LogP contribution in [0.2, 0.25) is 0 Å². The summed E-state index contributed by atoms with van der Waals surface area (Å²) < 4.78 is 39.7. The van der Waals surface area contributed by atoms with Crippen molar-refractivity contribution in [1.82, 2.24) is 4.98 Å². The molecule has 0 unspecified atom stereocenters. The Balaban J connectivity index is 2.37. The lowest BCUT2D eigenvalue weighted by Crippen LogP contribution is -2.19. The second-order valence-electron chi connectivity index (χ2n) is 5.24. The first-order chi connectivity index (χ1) is 10.7. The van der Waals surface area contributed by atoms with E-state index in [0.29, 0.717) is 11.4 Å². The molecule has 0 spiro atoms. The predicted octanol–water partition coefficient (Wildman–Crippen LogP) is 3.73. The molecule has 0 saturated carbocycles. The van der Waals surface area contributed by atoms with Crippen LogP contribution in [0.3, 0.4) is 0 Å². The molecule has 2 aromatic rings. The first kappa shape index (κ1) is 16.8. The largest absolute Gasteiger partial charge is 0.418 e. The first-order valence-electron chi connectivity index (χ1n) is 6.82. The number of carbonyl (C=O) groups excluding carboxylic acids is 1. The zero-order valence-corrected chi connectivity index (χ0v) is 12.9. The maximum atomic E-state index is 13.2. The van der Waals surface area contributed by atoms with Crippen molar-refractivity contribution >= 4 is 17.3 Å². The molecule has 0 radical (unpaired) electrons. The first-order valence-corrected chi connectivity index (χ1v) is 6.82. The number of aryl methyl sites for hydroxylation is 1. The molecule has 1 amide bonds. The summed E-state index contributed by atoms with van der Waals surface area (Å²) in [5, 5.41) is 2.29. The lowest BCUT2D eigenvalue weighted by molar-refractivity contribution is -0.136. The van der Waals surface area contributed by atoms with Gasteiger partial charge in [-0.25, -0.2) is 4.98 Å². The summed E-state index contributed by atoms with van der Waals surface area (Å²) in [5.74, 6) is -0.684. The summed E-state index contributed by atoms with van der Waals surface area (Å²) in [5.41, 5.74) is -0.128. The number of pyridine rings is 1. The molecule has 1 aromatic heterocycles. The van der Waals surface area contributed by atoms with Gasteiger partial charge in [-0.1, -0.05) is 6.07 Å². The molecule has 0 aliphatic carbocycles. The highest BCUT2D eigenvalue weighted by atomic mass is 19.4. The zero-order chi connectivity index (χ0) is 17.2. The van der Waals surface area contributed by atoms with Crippen LogP contribution in [0.4, 0.5) is 24.5 Å². The van der Waals surface area contributed by atoms with Crippen molar-refractivity contribution in [3.8, 4) is 0 Å². The molecule has 1 aromatic carbocycles. The van der Waals surface area contributed by atoms with Gasteiger partial charge in [0.1, 0.15) is 5.69 Å². The van der Waals surface area contributed by atoms with E-state index in [9.17, 15) is 18.0 Å². The number of hydrogen-bond donors (Lipinski definition) is 1. The van der Waals surface area contributed by atoms with Crippen LogP contribution in [0.15, 0.2) is 36.4 Å². The number of nitrogens with one attached hydrogen (secondary N) is 1. The molecule has 0 aliphatic rings. The van der Waals surface area contributed by atoms with Crippen LogP contribution in [0.5, 0.6) is 0 Å². The Morgan fingerprint density at radius 3 is 2.43 bits per heavy atom. The number of nitrogens with zero attached hydrogens (tertiary/aromatic N) is 2. The molecule has 0 bridgehead atoms. The van der Waals surface area contributed by atoms with Gasteiger partial charge in [0.25, 0.3) is 5.91 Å². The fraction of sp³-hybridized carbons (Fsp3) is 0.250. The number of hydrogen-bond acceptors (Lipinski definition) is 3. The van der Waals surface area contributed by atoms with Crippen molar-refractivity contribution in [3.63, 3.8) is 0 Å². The van der Waals surface area contributed by atoms with Crippen LogP contribution in [-0.4, -0.2) is 25.0 Å². The van der Waals surface area contributed by atoms with Gasteiger partial charge in [-0.2, -0.15) is 13.2 Å². The predicted molar refractivity (Wildman–Crippen MR) is 82.7 cm³/mol. The fourth-order valence-electron chi connectivity index (χ4n) is 2.01. The van der Waals surface area contributed by atoms with E-state index in [1.165, 1.54) is 18.2 Å². The Hall–Kier alpha value is -2.57. The van der Waals surface area contributed by atoms with Crippen LogP contribution in [-0.2, 0) is 6.18 Å². The van der Waals surface area contributed by atoms with Gasteiger partial charge in [0.2, 0.25) is 0 Å². The molecule has 4 nitrogen and oxygen atoms in total. The highest BCUT2D eigenvalue weighted by molar-refractivity contribution is 6.03. The lowest BCUT2D eigenvalue weighted by atomic mass is 10.1. The Labute approximate surface area is 132 Å². The van der Waals surface area contributed by atoms with E-state index in [-0.39, 0.29) is 11.4 Å². The average molecular weight is 323 g/mol. The number of amides is 1. The van der Waals surface area contributed by atoms with Gasteiger partial charge in [0, 0.05) is 25.5 Å². The molecule has 1 N–H and O–H groups in total. The van der Waals surface area contributed by atoms with Gasteiger partial charge in [0.05, 0.1) is 11.3 Å². The van der Waals surface area contributed by atoms with Gasteiger partial charge in [-0.3, -0.25) is 4.79 Å². The number of alkyl halides is 3. The van der Waals surface area contributed by atoms with Crippen molar-refractivity contribution in [1.29, 1.82) is 0 Å². The summed E-state index contributed by atoms with van der Waals surface area (Å²) >= 11 is 0.